The second-order valence-corrected chi connectivity index (χ2v) is 5.84. The van der Waals surface area contributed by atoms with Crippen molar-refractivity contribution in [1.29, 1.82) is 0 Å². The van der Waals surface area contributed by atoms with E-state index < -0.39 is 18.5 Å². The molecule has 0 aliphatic heterocycles. The predicted molar refractivity (Wildman–Crippen MR) is 104 cm³/mol. The van der Waals surface area contributed by atoms with Gasteiger partial charge in [0.25, 0.3) is 0 Å². The average Bonchev–Trinajstić information content (AvgIpc) is 2.70. The van der Waals surface area contributed by atoms with Crippen molar-refractivity contribution in [3.63, 3.8) is 0 Å². The Kier molecular flexibility index (Phi) is 5.55. The van der Waals surface area contributed by atoms with Crippen molar-refractivity contribution in [2.24, 2.45) is 0 Å². The molecule has 0 atom stereocenters. The van der Waals surface area contributed by atoms with E-state index in [4.69, 9.17) is 14.6 Å². The Labute approximate surface area is 160 Å². The molecular formula is C21H17NO6. The summed E-state index contributed by atoms with van der Waals surface area (Å²) < 4.78 is 10.4. The molecule has 3 rings (SSSR count). The van der Waals surface area contributed by atoms with Gasteiger partial charge in [0.2, 0.25) is 0 Å². The number of aromatic carboxylic acids is 1. The van der Waals surface area contributed by atoms with Gasteiger partial charge in [-0.05, 0) is 35.9 Å². The Morgan fingerprint density at radius 3 is 2.54 bits per heavy atom. The number of hydrogen-bond donors (Lipinski definition) is 2. The summed E-state index contributed by atoms with van der Waals surface area (Å²) in [6.45, 7) is -0.468. The van der Waals surface area contributed by atoms with Crippen LogP contribution >= 0.6 is 0 Å². The Balaban J connectivity index is 1.91. The van der Waals surface area contributed by atoms with Crippen LogP contribution in [0.3, 0.4) is 0 Å². The first-order chi connectivity index (χ1) is 13.5. The van der Waals surface area contributed by atoms with Gasteiger partial charge in [0, 0.05) is 5.39 Å². The number of para-hydroxylation sites is 1. The van der Waals surface area contributed by atoms with Crippen LogP contribution in [0.1, 0.15) is 21.6 Å². The molecule has 0 saturated heterocycles. The number of aliphatic carboxylic acids is 1. The third kappa shape index (κ3) is 4.27. The number of carboxylic acid groups (broad SMARTS) is 2. The van der Waals surface area contributed by atoms with Crippen molar-refractivity contribution in [2.45, 2.75) is 0 Å². The molecule has 1 aromatic heterocycles. The van der Waals surface area contributed by atoms with Crippen molar-refractivity contribution in [3.05, 3.63) is 65.4 Å². The topological polar surface area (TPSA) is 106 Å². The van der Waals surface area contributed by atoms with E-state index in [0.29, 0.717) is 28.1 Å². The normalized spacial score (nSPS) is 10.9. The smallest absolute Gasteiger partial charge is 0.341 e. The number of aromatic nitrogens is 1. The highest BCUT2D eigenvalue weighted by molar-refractivity contribution is 6.03. The second-order valence-electron chi connectivity index (χ2n) is 5.84. The van der Waals surface area contributed by atoms with Crippen molar-refractivity contribution >= 4 is 35.0 Å². The lowest BCUT2D eigenvalue weighted by Crippen LogP contribution is -2.10. The summed E-state index contributed by atoms with van der Waals surface area (Å²) in [4.78, 5) is 26.7. The van der Waals surface area contributed by atoms with Gasteiger partial charge in [-0.1, -0.05) is 30.3 Å². The van der Waals surface area contributed by atoms with Gasteiger partial charge >= 0.3 is 11.9 Å². The van der Waals surface area contributed by atoms with E-state index in [1.165, 1.54) is 13.2 Å². The maximum absolute atomic E-state index is 11.5. The second kappa shape index (κ2) is 8.22. The third-order valence-corrected chi connectivity index (χ3v) is 3.95. The molecule has 2 N–H and O–H groups in total. The minimum Gasteiger partial charge on any atom is -0.493 e. The van der Waals surface area contributed by atoms with Gasteiger partial charge in [-0.15, -0.1) is 0 Å². The Morgan fingerprint density at radius 2 is 1.82 bits per heavy atom. The third-order valence-electron chi connectivity index (χ3n) is 3.95. The van der Waals surface area contributed by atoms with Crippen LogP contribution < -0.4 is 9.47 Å². The number of carbonyl (C=O) groups is 2. The van der Waals surface area contributed by atoms with E-state index in [9.17, 15) is 14.7 Å². The maximum atomic E-state index is 11.5. The summed E-state index contributed by atoms with van der Waals surface area (Å²) >= 11 is 0. The first kappa shape index (κ1) is 18.9. The summed E-state index contributed by atoms with van der Waals surface area (Å²) in [7, 11) is 1.46. The molecule has 142 valence electrons. The lowest BCUT2D eigenvalue weighted by Gasteiger charge is -2.09. The van der Waals surface area contributed by atoms with Gasteiger partial charge in [-0.2, -0.15) is 0 Å². The number of benzene rings is 2. The molecule has 0 fully saturated rings. The molecule has 28 heavy (non-hydrogen) atoms. The standard InChI is InChI=1S/C21H17NO6/c1-27-19-10-13(7-9-18(19)28-12-20(23)24)6-8-14-11-16(21(25)26)15-4-2-3-5-17(15)22-14/h2-11H,12H2,1H3,(H,23,24)(H,25,26)/b8-6-. The first-order valence-corrected chi connectivity index (χ1v) is 8.31. The summed E-state index contributed by atoms with van der Waals surface area (Å²) in [5.41, 5.74) is 2.03. The highest BCUT2D eigenvalue weighted by Gasteiger charge is 2.11. The SMILES string of the molecule is COc1cc(/C=C\c2cc(C(=O)O)c3ccccc3n2)ccc1OCC(=O)O. The molecule has 0 aliphatic rings. The van der Waals surface area contributed by atoms with E-state index in [-0.39, 0.29) is 5.56 Å². The minimum atomic E-state index is -1.08. The predicted octanol–water partition coefficient (Wildman–Crippen LogP) is 3.58. The molecule has 7 heteroatoms. The van der Waals surface area contributed by atoms with Crippen LogP contribution in [0, 0.1) is 0 Å². The van der Waals surface area contributed by atoms with Crippen LogP contribution in [0.4, 0.5) is 0 Å². The van der Waals surface area contributed by atoms with Crippen LogP contribution in [0.15, 0.2) is 48.5 Å². The quantitative estimate of drug-likeness (QED) is 0.646. The van der Waals surface area contributed by atoms with Gasteiger partial charge in [-0.3, -0.25) is 0 Å². The molecule has 0 aliphatic carbocycles. The van der Waals surface area contributed by atoms with Gasteiger partial charge in [0.15, 0.2) is 18.1 Å². The highest BCUT2D eigenvalue weighted by Crippen LogP contribution is 2.29. The largest absolute Gasteiger partial charge is 0.493 e. The fourth-order valence-electron chi connectivity index (χ4n) is 2.69. The number of fused-ring (bicyclic) bond motifs is 1. The van der Waals surface area contributed by atoms with Crippen molar-refractivity contribution in [1.82, 2.24) is 4.98 Å². The number of nitrogens with zero attached hydrogens (tertiary/aromatic N) is 1. The van der Waals surface area contributed by atoms with Crippen molar-refractivity contribution < 1.29 is 29.3 Å². The van der Waals surface area contributed by atoms with Crippen LogP contribution in [0.2, 0.25) is 0 Å². The summed E-state index contributed by atoms with van der Waals surface area (Å²) in [6.07, 6.45) is 3.46. The zero-order valence-electron chi connectivity index (χ0n) is 15.0. The molecule has 3 aromatic rings. The molecule has 1 heterocycles. The van der Waals surface area contributed by atoms with Crippen LogP contribution in [0.5, 0.6) is 11.5 Å². The Morgan fingerprint density at radius 1 is 1.04 bits per heavy atom. The van der Waals surface area contributed by atoms with Crippen molar-refractivity contribution in [2.75, 3.05) is 13.7 Å². The van der Waals surface area contributed by atoms with E-state index in [1.54, 1.807) is 54.6 Å². The minimum absolute atomic E-state index is 0.181. The molecule has 0 amide bonds. The van der Waals surface area contributed by atoms with Crippen LogP contribution in [-0.2, 0) is 4.79 Å². The number of carboxylic acids is 2. The summed E-state index contributed by atoms with van der Waals surface area (Å²) in [5, 5.41) is 18.7. The Bertz CT molecular complexity index is 1070. The number of methoxy groups -OCH3 is 1. The summed E-state index contributed by atoms with van der Waals surface area (Å²) in [6, 6.07) is 13.6. The molecule has 7 nitrogen and oxygen atoms in total. The Hall–Kier alpha value is -3.87. The van der Waals surface area contributed by atoms with Gasteiger partial charge < -0.3 is 19.7 Å². The monoisotopic (exact) mass is 379 g/mol. The van der Waals surface area contributed by atoms with Gasteiger partial charge in [0.05, 0.1) is 23.9 Å². The molecule has 0 unspecified atom stereocenters. The van der Waals surface area contributed by atoms with E-state index in [0.717, 1.165) is 5.56 Å². The number of pyridine rings is 1. The van der Waals surface area contributed by atoms with Crippen LogP contribution in [0.25, 0.3) is 23.1 Å². The fraction of sp³-hybridized carbons (Fsp3) is 0.0952. The molecule has 0 bridgehead atoms. The lowest BCUT2D eigenvalue weighted by atomic mass is 10.1. The first-order valence-electron chi connectivity index (χ1n) is 8.31. The molecule has 0 saturated carbocycles. The fourth-order valence-corrected chi connectivity index (χ4v) is 2.69. The highest BCUT2D eigenvalue weighted by atomic mass is 16.5. The molecule has 0 radical (unpaired) electrons. The zero-order valence-corrected chi connectivity index (χ0v) is 15.0. The molecular weight excluding hydrogens is 362 g/mol. The van der Waals surface area contributed by atoms with E-state index in [2.05, 4.69) is 4.98 Å². The van der Waals surface area contributed by atoms with Gasteiger partial charge in [-0.25, -0.2) is 14.6 Å². The number of rotatable bonds is 7. The zero-order chi connectivity index (χ0) is 20.1. The van der Waals surface area contributed by atoms with Gasteiger partial charge in [0.1, 0.15) is 0 Å². The van der Waals surface area contributed by atoms with Crippen LogP contribution in [-0.4, -0.2) is 40.9 Å². The average molecular weight is 379 g/mol. The maximum Gasteiger partial charge on any atom is 0.341 e. The molecule has 2 aromatic carbocycles. The number of hydrogen-bond acceptors (Lipinski definition) is 5. The summed E-state index contributed by atoms with van der Waals surface area (Å²) in [5.74, 6) is -1.39. The van der Waals surface area contributed by atoms with E-state index in [1.807, 2.05) is 0 Å². The van der Waals surface area contributed by atoms with Crippen molar-refractivity contribution in [3.8, 4) is 11.5 Å². The number of ether oxygens (including phenoxy) is 2. The lowest BCUT2D eigenvalue weighted by molar-refractivity contribution is -0.139. The molecule has 0 spiro atoms. The van der Waals surface area contributed by atoms with E-state index >= 15 is 0 Å².